The summed E-state index contributed by atoms with van der Waals surface area (Å²) < 4.78 is 0.354. The van der Waals surface area contributed by atoms with E-state index in [0.717, 1.165) is 35.7 Å². The first-order valence-corrected chi connectivity index (χ1v) is 6.09. The molecule has 0 radical (unpaired) electrons. The topological polar surface area (TPSA) is 80.5 Å². The van der Waals surface area contributed by atoms with Crippen LogP contribution in [0.15, 0.2) is 18.2 Å². The number of nitro groups is 1. The SMILES string of the molecule is O=C1c2ccc([N+](=O)[O-])cc2C(=O)N1[CH2][Zr]. The van der Waals surface area contributed by atoms with E-state index >= 15 is 0 Å². The van der Waals surface area contributed by atoms with Crippen LogP contribution in [0.4, 0.5) is 5.69 Å². The molecule has 0 aliphatic carbocycles. The molecule has 1 aliphatic rings. The molecular weight excluding hydrogens is 291 g/mol. The maximum atomic E-state index is 11.7. The summed E-state index contributed by atoms with van der Waals surface area (Å²) in [5.74, 6) is -0.813. The van der Waals surface area contributed by atoms with Crippen molar-refractivity contribution in [2.24, 2.45) is 0 Å². The summed E-state index contributed by atoms with van der Waals surface area (Å²) in [6.07, 6.45) is 0. The summed E-state index contributed by atoms with van der Waals surface area (Å²) >= 11 is 1.03. The summed E-state index contributed by atoms with van der Waals surface area (Å²) in [7, 11) is 0. The summed E-state index contributed by atoms with van der Waals surface area (Å²) in [5.41, 5.74) is 0.199. The van der Waals surface area contributed by atoms with Gasteiger partial charge in [-0.25, -0.2) is 0 Å². The van der Waals surface area contributed by atoms with E-state index in [-0.39, 0.29) is 22.7 Å². The average molecular weight is 296 g/mol. The van der Waals surface area contributed by atoms with Crippen LogP contribution in [0.25, 0.3) is 0 Å². The molecule has 1 aliphatic heterocycles. The zero-order valence-electron chi connectivity index (χ0n) is 7.97. The Morgan fingerprint density at radius 3 is 2.44 bits per heavy atom. The minimum atomic E-state index is -0.585. The normalized spacial score (nSPS) is 14.1. The number of carbonyl (C=O) groups excluding carboxylic acids is 2. The van der Waals surface area contributed by atoms with Gasteiger partial charge in [-0.1, -0.05) is 0 Å². The summed E-state index contributed by atoms with van der Waals surface area (Å²) in [6, 6.07) is 3.72. The summed E-state index contributed by atoms with van der Waals surface area (Å²) in [4.78, 5) is 34.4. The first-order valence-electron chi connectivity index (χ1n) is 4.35. The van der Waals surface area contributed by atoms with Crippen molar-refractivity contribution in [3.63, 3.8) is 0 Å². The van der Waals surface area contributed by atoms with Crippen LogP contribution < -0.4 is 0 Å². The Labute approximate surface area is 105 Å². The Hall–Kier alpha value is -1.36. The molecule has 1 aromatic carbocycles. The van der Waals surface area contributed by atoms with Gasteiger partial charge in [0.05, 0.1) is 0 Å². The third-order valence-corrected chi connectivity index (χ3v) is 3.10. The van der Waals surface area contributed by atoms with Gasteiger partial charge in [0.2, 0.25) is 0 Å². The van der Waals surface area contributed by atoms with Crippen LogP contribution in [0.1, 0.15) is 20.7 Å². The second-order valence-electron chi connectivity index (χ2n) is 3.18. The van der Waals surface area contributed by atoms with Crippen molar-refractivity contribution in [1.29, 1.82) is 0 Å². The number of nitro benzene ring substituents is 1. The molecule has 6 nitrogen and oxygen atoms in total. The van der Waals surface area contributed by atoms with Crippen molar-refractivity contribution in [2.45, 2.75) is 0 Å². The van der Waals surface area contributed by atoms with E-state index in [1.807, 2.05) is 0 Å². The second-order valence-corrected chi connectivity index (χ2v) is 3.96. The average Bonchev–Trinajstić information content (AvgIpc) is 2.51. The Balaban J connectivity index is 2.56. The number of non-ortho nitro benzene ring substituents is 1. The fraction of sp³-hybridized carbons (Fsp3) is 0.111. The number of fused-ring (bicyclic) bond motifs is 1. The van der Waals surface area contributed by atoms with Crippen molar-refractivity contribution in [2.75, 3.05) is 4.25 Å². The van der Waals surface area contributed by atoms with Crippen LogP contribution in [0.5, 0.6) is 0 Å². The molecule has 2 rings (SSSR count). The number of rotatable bonds is 2. The van der Waals surface area contributed by atoms with E-state index in [0.29, 0.717) is 4.25 Å². The molecular formula is C9H5N2O4Zr. The van der Waals surface area contributed by atoms with Gasteiger partial charge in [0.15, 0.2) is 0 Å². The van der Waals surface area contributed by atoms with Crippen LogP contribution in [0, 0.1) is 10.1 Å². The monoisotopic (exact) mass is 295 g/mol. The fourth-order valence-corrected chi connectivity index (χ4v) is 2.24. The van der Waals surface area contributed by atoms with Crippen molar-refractivity contribution < 1.29 is 39.2 Å². The van der Waals surface area contributed by atoms with Gasteiger partial charge in [0.1, 0.15) is 0 Å². The zero-order chi connectivity index (χ0) is 11.9. The maximum absolute atomic E-state index is 11.7. The quantitative estimate of drug-likeness (QED) is 0.457. The molecule has 1 aromatic rings. The first kappa shape index (κ1) is 11.1. The van der Waals surface area contributed by atoms with Gasteiger partial charge in [0.25, 0.3) is 0 Å². The summed E-state index contributed by atoms with van der Waals surface area (Å²) in [5, 5.41) is 10.5. The third-order valence-electron chi connectivity index (χ3n) is 2.32. The second kappa shape index (κ2) is 3.90. The molecule has 2 amide bonds. The number of carbonyl (C=O) groups is 2. The van der Waals surface area contributed by atoms with E-state index in [4.69, 9.17) is 0 Å². The third kappa shape index (κ3) is 1.51. The molecule has 0 aromatic heterocycles. The zero-order valence-corrected chi connectivity index (χ0v) is 10.4. The molecule has 16 heavy (non-hydrogen) atoms. The molecule has 79 valence electrons. The van der Waals surface area contributed by atoms with Crippen molar-refractivity contribution >= 4 is 17.5 Å². The van der Waals surface area contributed by atoms with Gasteiger partial charge in [-0.05, 0) is 0 Å². The van der Waals surface area contributed by atoms with Crippen molar-refractivity contribution in [3.05, 3.63) is 39.4 Å². The van der Waals surface area contributed by atoms with Gasteiger partial charge in [-0.15, -0.1) is 0 Å². The molecule has 1 heterocycles. The first-order chi connectivity index (χ1) is 7.56. The Kier molecular flexibility index (Phi) is 2.72. The Bertz CT molecular complexity index is 514. The van der Waals surface area contributed by atoms with Crippen LogP contribution in [-0.2, 0) is 24.7 Å². The van der Waals surface area contributed by atoms with E-state index in [1.54, 1.807) is 0 Å². The van der Waals surface area contributed by atoms with Gasteiger partial charge in [-0.2, -0.15) is 0 Å². The standard InChI is InChI=1S/C9H5N2O4.Zr/c1-10-8(12)6-3-2-5(11(14)15)4-7(6)9(10)13;/h2-4H,1H2;. The molecule has 0 atom stereocenters. The number of hydrogen-bond acceptors (Lipinski definition) is 4. The molecule has 0 saturated carbocycles. The van der Waals surface area contributed by atoms with Crippen molar-refractivity contribution in [3.8, 4) is 0 Å². The van der Waals surface area contributed by atoms with E-state index in [9.17, 15) is 19.7 Å². The van der Waals surface area contributed by atoms with Gasteiger partial charge in [0, 0.05) is 0 Å². The number of imide groups is 1. The van der Waals surface area contributed by atoms with E-state index < -0.39 is 10.8 Å². The molecule has 0 saturated heterocycles. The Morgan fingerprint density at radius 2 is 1.88 bits per heavy atom. The Morgan fingerprint density at radius 1 is 1.25 bits per heavy atom. The molecule has 7 heteroatoms. The van der Waals surface area contributed by atoms with Crippen LogP contribution >= 0.6 is 0 Å². The molecule has 0 unspecified atom stereocenters. The number of benzene rings is 1. The fourth-order valence-electron chi connectivity index (χ4n) is 1.54. The summed E-state index contributed by atoms with van der Waals surface area (Å²) in [6.45, 7) is 0. The van der Waals surface area contributed by atoms with Gasteiger partial charge < -0.3 is 0 Å². The van der Waals surface area contributed by atoms with E-state index in [2.05, 4.69) is 0 Å². The predicted octanol–water partition coefficient (Wildman–Crippen LogP) is 0.695. The van der Waals surface area contributed by atoms with Crippen molar-refractivity contribution in [1.82, 2.24) is 4.90 Å². The van der Waals surface area contributed by atoms with Gasteiger partial charge in [-0.3, -0.25) is 0 Å². The number of hydrogen-bond donors (Lipinski definition) is 0. The molecule has 0 bridgehead atoms. The molecule has 0 spiro atoms. The van der Waals surface area contributed by atoms with Crippen LogP contribution in [0.3, 0.4) is 0 Å². The minimum absolute atomic E-state index is 0.126. The van der Waals surface area contributed by atoms with E-state index in [1.165, 1.54) is 12.1 Å². The molecule has 0 fully saturated rings. The van der Waals surface area contributed by atoms with Crippen LogP contribution in [0.2, 0.25) is 0 Å². The van der Waals surface area contributed by atoms with Gasteiger partial charge >= 0.3 is 105 Å². The number of nitrogens with zero attached hydrogens (tertiary/aromatic N) is 2. The predicted molar refractivity (Wildman–Crippen MR) is 48.5 cm³/mol. The number of amides is 2. The van der Waals surface area contributed by atoms with Crippen LogP contribution in [-0.4, -0.2) is 25.9 Å². The molecule has 0 N–H and O–H groups in total.